The number of likely N-dealkylation sites (tertiary alicyclic amines) is 1. The number of hydrogen-bond acceptors (Lipinski definition) is 3. The molecule has 1 N–H and O–H groups in total. The fraction of sp³-hybridized carbons (Fsp3) is 0.353. The minimum absolute atomic E-state index is 0.0409. The van der Waals surface area contributed by atoms with Gasteiger partial charge < -0.3 is 4.90 Å². The number of carbonyl (C=O) groups is 1. The number of sulfonamides is 1. The third-order valence-corrected chi connectivity index (χ3v) is 4.90. The van der Waals surface area contributed by atoms with Crippen LogP contribution in [0.3, 0.4) is 0 Å². The Morgan fingerprint density at radius 3 is 2.74 bits per heavy atom. The lowest BCUT2D eigenvalue weighted by molar-refractivity contribution is -0.129. The summed E-state index contributed by atoms with van der Waals surface area (Å²) >= 11 is 0. The number of fused-ring (bicyclic) bond motifs is 1. The number of nitrogens with one attached hydrogen (secondary N) is 1. The van der Waals surface area contributed by atoms with Crippen LogP contribution in [0.4, 0.5) is 0 Å². The number of rotatable bonds is 4. The van der Waals surface area contributed by atoms with Crippen LogP contribution in [0.2, 0.25) is 0 Å². The van der Waals surface area contributed by atoms with Gasteiger partial charge in [0.25, 0.3) is 0 Å². The monoisotopic (exact) mass is 332 g/mol. The molecular formula is C17H20N2O3S. The summed E-state index contributed by atoms with van der Waals surface area (Å²) in [5.74, 6) is 0.0409. The number of amides is 1. The quantitative estimate of drug-likeness (QED) is 0.923. The molecule has 5 nitrogen and oxygen atoms in total. The van der Waals surface area contributed by atoms with Gasteiger partial charge in [-0.15, -0.1) is 0 Å². The Morgan fingerprint density at radius 1 is 1.22 bits per heavy atom. The molecule has 1 aliphatic heterocycles. The first-order valence-electron chi connectivity index (χ1n) is 7.64. The highest BCUT2D eigenvalue weighted by atomic mass is 32.2. The van der Waals surface area contributed by atoms with Gasteiger partial charge in [-0.3, -0.25) is 4.79 Å². The molecule has 1 saturated heterocycles. The largest absolute Gasteiger partial charge is 0.341 e. The molecule has 1 aliphatic rings. The molecule has 2 aromatic rings. The summed E-state index contributed by atoms with van der Waals surface area (Å²) in [6.45, 7) is 1.04. The van der Waals surface area contributed by atoms with E-state index in [4.69, 9.17) is 0 Å². The summed E-state index contributed by atoms with van der Waals surface area (Å²) in [6.07, 6.45) is 2.15. The lowest BCUT2D eigenvalue weighted by Crippen LogP contribution is -2.38. The topological polar surface area (TPSA) is 66.5 Å². The Kier molecular flexibility index (Phi) is 4.37. The number of hydrogen-bond donors (Lipinski definition) is 1. The second-order valence-corrected chi connectivity index (χ2v) is 7.81. The molecule has 23 heavy (non-hydrogen) atoms. The standard InChI is InChI=1S/C17H20N2O3S/c1-23(21,22)18-15-9-10-19(12-15)17(20)11-14-7-4-6-13-5-2-3-8-16(13)14/h2-8,15,18H,9-12H2,1H3. The molecule has 0 radical (unpaired) electrons. The van der Waals surface area contributed by atoms with Gasteiger partial charge in [-0.2, -0.15) is 0 Å². The van der Waals surface area contributed by atoms with Crippen LogP contribution >= 0.6 is 0 Å². The van der Waals surface area contributed by atoms with Gasteiger partial charge in [0.1, 0.15) is 0 Å². The molecule has 0 aromatic heterocycles. The molecule has 6 heteroatoms. The highest BCUT2D eigenvalue weighted by Crippen LogP contribution is 2.20. The van der Waals surface area contributed by atoms with E-state index in [2.05, 4.69) is 4.72 Å². The first kappa shape index (κ1) is 16.0. The SMILES string of the molecule is CS(=O)(=O)NC1CCN(C(=O)Cc2cccc3ccccc23)C1. The van der Waals surface area contributed by atoms with Gasteiger partial charge >= 0.3 is 0 Å². The highest BCUT2D eigenvalue weighted by molar-refractivity contribution is 7.88. The van der Waals surface area contributed by atoms with Crippen LogP contribution in [-0.4, -0.2) is 44.6 Å². The van der Waals surface area contributed by atoms with Gasteiger partial charge in [0.15, 0.2) is 0 Å². The summed E-state index contributed by atoms with van der Waals surface area (Å²) in [6, 6.07) is 13.8. The summed E-state index contributed by atoms with van der Waals surface area (Å²) in [5, 5.41) is 2.21. The summed E-state index contributed by atoms with van der Waals surface area (Å²) in [7, 11) is -3.23. The van der Waals surface area contributed by atoms with Crippen molar-refractivity contribution in [2.75, 3.05) is 19.3 Å². The van der Waals surface area contributed by atoms with Crippen molar-refractivity contribution in [1.29, 1.82) is 0 Å². The second-order valence-electron chi connectivity index (χ2n) is 6.03. The highest BCUT2D eigenvalue weighted by Gasteiger charge is 2.28. The first-order chi connectivity index (χ1) is 10.9. The third kappa shape index (κ3) is 3.89. The van der Waals surface area contributed by atoms with Gasteiger partial charge in [0, 0.05) is 19.1 Å². The maximum Gasteiger partial charge on any atom is 0.227 e. The zero-order chi connectivity index (χ0) is 16.4. The first-order valence-corrected chi connectivity index (χ1v) is 9.53. The van der Waals surface area contributed by atoms with E-state index in [0.29, 0.717) is 25.9 Å². The molecule has 0 spiro atoms. The average molecular weight is 332 g/mol. The van der Waals surface area contributed by atoms with E-state index in [1.54, 1.807) is 4.90 Å². The minimum Gasteiger partial charge on any atom is -0.341 e. The van der Waals surface area contributed by atoms with Gasteiger partial charge in [-0.05, 0) is 22.8 Å². The van der Waals surface area contributed by atoms with Crippen molar-refractivity contribution >= 4 is 26.7 Å². The molecule has 1 amide bonds. The fourth-order valence-corrected chi connectivity index (χ4v) is 3.90. The van der Waals surface area contributed by atoms with E-state index in [0.717, 1.165) is 22.6 Å². The normalized spacial score (nSPS) is 18.5. The zero-order valence-electron chi connectivity index (χ0n) is 13.0. The summed E-state index contributed by atoms with van der Waals surface area (Å²) < 4.78 is 25.1. The Bertz CT molecular complexity index is 827. The van der Waals surface area contributed by atoms with E-state index in [1.165, 1.54) is 0 Å². The van der Waals surface area contributed by atoms with E-state index in [9.17, 15) is 13.2 Å². The van der Waals surface area contributed by atoms with E-state index in [-0.39, 0.29) is 11.9 Å². The molecular weight excluding hydrogens is 312 g/mol. The van der Waals surface area contributed by atoms with Crippen molar-refractivity contribution in [3.8, 4) is 0 Å². The predicted molar refractivity (Wildman–Crippen MR) is 90.6 cm³/mol. The van der Waals surface area contributed by atoms with Gasteiger partial charge in [-0.1, -0.05) is 42.5 Å². The molecule has 1 unspecified atom stereocenters. The Labute approximate surface area is 136 Å². The van der Waals surface area contributed by atoms with Crippen LogP contribution in [0, 0.1) is 0 Å². The molecule has 122 valence electrons. The fourth-order valence-electron chi connectivity index (χ4n) is 3.11. The minimum atomic E-state index is -3.23. The van der Waals surface area contributed by atoms with Gasteiger partial charge in [0.2, 0.25) is 15.9 Å². The third-order valence-electron chi connectivity index (χ3n) is 4.14. The smallest absolute Gasteiger partial charge is 0.227 e. The molecule has 1 fully saturated rings. The lowest BCUT2D eigenvalue weighted by atomic mass is 10.0. The number of benzene rings is 2. The number of carbonyl (C=O) groups excluding carboxylic acids is 1. The Balaban J connectivity index is 1.70. The molecule has 0 bridgehead atoms. The van der Waals surface area contributed by atoms with Crippen molar-refractivity contribution in [2.24, 2.45) is 0 Å². The number of nitrogens with zero attached hydrogens (tertiary/aromatic N) is 1. The van der Waals surface area contributed by atoms with Crippen molar-refractivity contribution < 1.29 is 13.2 Å². The average Bonchev–Trinajstić information content (AvgIpc) is 2.94. The molecule has 0 aliphatic carbocycles. The summed E-state index contributed by atoms with van der Waals surface area (Å²) in [5.41, 5.74) is 1.01. The van der Waals surface area contributed by atoms with E-state index in [1.807, 2.05) is 42.5 Å². The Morgan fingerprint density at radius 2 is 1.96 bits per heavy atom. The zero-order valence-corrected chi connectivity index (χ0v) is 13.8. The van der Waals surface area contributed by atoms with Crippen LogP contribution in [0.15, 0.2) is 42.5 Å². The van der Waals surface area contributed by atoms with Gasteiger partial charge in [-0.25, -0.2) is 13.1 Å². The maximum absolute atomic E-state index is 12.5. The van der Waals surface area contributed by atoms with Crippen LogP contribution < -0.4 is 4.72 Å². The van der Waals surface area contributed by atoms with Crippen LogP contribution in [-0.2, 0) is 21.2 Å². The van der Waals surface area contributed by atoms with Crippen molar-refractivity contribution in [3.63, 3.8) is 0 Å². The molecule has 1 heterocycles. The maximum atomic E-state index is 12.5. The predicted octanol–water partition coefficient (Wildman–Crippen LogP) is 1.53. The molecule has 3 rings (SSSR count). The summed E-state index contributed by atoms with van der Waals surface area (Å²) in [4.78, 5) is 14.3. The molecule has 1 atom stereocenters. The molecule has 0 saturated carbocycles. The van der Waals surface area contributed by atoms with E-state index < -0.39 is 10.0 Å². The van der Waals surface area contributed by atoms with Crippen LogP contribution in [0.5, 0.6) is 0 Å². The Hall–Kier alpha value is -1.92. The van der Waals surface area contributed by atoms with E-state index >= 15 is 0 Å². The lowest BCUT2D eigenvalue weighted by Gasteiger charge is -2.17. The van der Waals surface area contributed by atoms with Crippen molar-refractivity contribution in [1.82, 2.24) is 9.62 Å². The van der Waals surface area contributed by atoms with Crippen molar-refractivity contribution in [2.45, 2.75) is 18.9 Å². The van der Waals surface area contributed by atoms with Crippen LogP contribution in [0.1, 0.15) is 12.0 Å². The molecule has 2 aromatic carbocycles. The van der Waals surface area contributed by atoms with Gasteiger partial charge in [0.05, 0.1) is 12.7 Å². The van der Waals surface area contributed by atoms with Crippen LogP contribution in [0.25, 0.3) is 10.8 Å². The van der Waals surface area contributed by atoms with Crippen molar-refractivity contribution in [3.05, 3.63) is 48.0 Å². The second kappa shape index (κ2) is 6.29.